The Morgan fingerprint density at radius 2 is 1.64 bits per heavy atom. The van der Waals surface area contributed by atoms with Crippen molar-refractivity contribution in [3.63, 3.8) is 0 Å². The van der Waals surface area contributed by atoms with Gasteiger partial charge in [-0.3, -0.25) is 9.36 Å². The van der Waals surface area contributed by atoms with E-state index in [2.05, 4.69) is 0 Å². The van der Waals surface area contributed by atoms with Crippen molar-refractivity contribution in [1.82, 2.24) is 0 Å². The number of hydrogen-bond acceptors (Lipinski definition) is 4. The van der Waals surface area contributed by atoms with Gasteiger partial charge in [-0.1, -0.05) is 12.1 Å². The highest BCUT2D eigenvalue weighted by molar-refractivity contribution is 7.60. The monoisotopic (exact) mass is 378 g/mol. The fourth-order valence-electron chi connectivity index (χ4n) is 2.03. The van der Waals surface area contributed by atoms with Crippen LogP contribution in [0.25, 0.3) is 6.08 Å². The van der Waals surface area contributed by atoms with E-state index in [1.807, 2.05) is 0 Å². The first-order valence-electron chi connectivity index (χ1n) is 7.72. The summed E-state index contributed by atoms with van der Waals surface area (Å²) in [5.41, 5.74) is -0.784. The summed E-state index contributed by atoms with van der Waals surface area (Å²) in [5.74, 6) is -0.595. The first kappa shape index (κ1) is 21.6. The Morgan fingerprint density at radius 3 is 2.04 bits per heavy atom. The predicted octanol–water partition coefficient (Wildman–Crippen LogP) is 5.68. The highest BCUT2D eigenvalue weighted by atomic mass is 31.2. The Morgan fingerprint density at radius 1 is 1.12 bits per heavy atom. The third kappa shape index (κ3) is 6.42. The van der Waals surface area contributed by atoms with Gasteiger partial charge in [0.2, 0.25) is 0 Å². The standard InChI is InChI=1S/C17H22F3O4P/c1-11(2)23-25(22,24-12(3)4)16(13(5)21)10-14-7-6-8-15(9-14)17(18,19)20/h6-12H,1-5H3. The molecule has 0 saturated heterocycles. The van der Waals surface area contributed by atoms with Crippen LogP contribution in [0, 0.1) is 0 Å². The molecule has 1 rings (SSSR count). The van der Waals surface area contributed by atoms with E-state index in [1.54, 1.807) is 27.7 Å². The zero-order chi connectivity index (χ0) is 19.4. The van der Waals surface area contributed by atoms with Gasteiger partial charge in [-0.15, -0.1) is 0 Å². The largest absolute Gasteiger partial charge is 0.416 e. The Balaban J connectivity index is 3.45. The minimum atomic E-state index is -4.52. The number of alkyl halides is 3. The van der Waals surface area contributed by atoms with Crippen LogP contribution in [0.1, 0.15) is 45.7 Å². The van der Waals surface area contributed by atoms with E-state index in [1.165, 1.54) is 19.1 Å². The van der Waals surface area contributed by atoms with Gasteiger partial charge >= 0.3 is 13.8 Å². The van der Waals surface area contributed by atoms with E-state index < -0.39 is 37.3 Å². The molecule has 0 fully saturated rings. The van der Waals surface area contributed by atoms with Crippen LogP contribution in [0.3, 0.4) is 0 Å². The zero-order valence-corrected chi connectivity index (χ0v) is 15.6. The molecule has 8 heteroatoms. The van der Waals surface area contributed by atoms with Gasteiger partial charge in [0.15, 0.2) is 5.78 Å². The Kier molecular flexibility index (Phi) is 7.18. The molecule has 0 unspecified atom stereocenters. The first-order valence-corrected chi connectivity index (χ1v) is 9.26. The van der Waals surface area contributed by atoms with E-state index in [-0.39, 0.29) is 10.9 Å². The highest BCUT2D eigenvalue weighted by Gasteiger charge is 2.36. The minimum Gasteiger partial charge on any atom is -0.302 e. The molecular formula is C17H22F3O4P. The lowest BCUT2D eigenvalue weighted by Crippen LogP contribution is -2.12. The number of Topliss-reactive ketones (excluding diaryl/α,β-unsaturated/α-hetero) is 1. The Hall–Kier alpha value is -1.43. The number of hydrogen-bond donors (Lipinski definition) is 0. The van der Waals surface area contributed by atoms with Gasteiger partial charge in [-0.05, 0) is 58.4 Å². The van der Waals surface area contributed by atoms with E-state index in [4.69, 9.17) is 9.05 Å². The number of halogens is 3. The maximum atomic E-state index is 13.1. The Labute approximate surface area is 145 Å². The summed E-state index contributed by atoms with van der Waals surface area (Å²) in [6, 6.07) is 4.38. The number of rotatable bonds is 7. The maximum absolute atomic E-state index is 13.1. The molecule has 0 bridgehead atoms. The lowest BCUT2D eigenvalue weighted by atomic mass is 10.1. The fourth-order valence-corrected chi connectivity index (χ4v) is 4.11. The number of allylic oxidation sites excluding steroid dienone is 1. The lowest BCUT2D eigenvalue weighted by molar-refractivity contribution is -0.137. The molecule has 0 radical (unpaired) electrons. The summed E-state index contributed by atoms with van der Waals surface area (Å²) >= 11 is 0. The summed E-state index contributed by atoms with van der Waals surface area (Å²) in [6.07, 6.45) is -4.40. The van der Waals surface area contributed by atoms with Crippen molar-refractivity contribution >= 4 is 19.5 Å². The van der Waals surface area contributed by atoms with Crippen LogP contribution in [0.4, 0.5) is 13.2 Å². The van der Waals surface area contributed by atoms with Crippen LogP contribution >= 0.6 is 7.60 Å². The van der Waals surface area contributed by atoms with Crippen molar-refractivity contribution in [1.29, 1.82) is 0 Å². The lowest BCUT2D eigenvalue weighted by Gasteiger charge is -2.24. The second-order valence-corrected chi connectivity index (χ2v) is 7.91. The van der Waals surface area contributed by atoms with Gasteiger partial charge < -0.3 is 9.05 Å². The minimum absolute atomic E-state index is 0.0833. The number of carbonyl (C=O) groups is 1. The molecule has 140 valence electrons. The highest BCUT2D eigenvalue weighted by Crippen LogP contribution is 2.58. The predicted molar refractivity (Wildman–Crippen MR) is 90.2 cm³/mol. The number of carbonyl (C=O) groups excluding carboxylic acids is 1. The summed E-state index contributed by atoms with van der Waals surface area (Å²) in [6.45, 7) is 7.66. The van der Waals surface area contributed by atoms with Crippen molar-refractivity contribution < 1.29 is 31.6 Å². The van der Waals surface area contributed by atoms with Crippen molar-refractivity contribution in [2.75, 3.05) is 0 Å². The SMILES string of the molecule is CC(=O)C(=Cc1cccc(C(F)(F)F)c1)P(=O)(OC(C)C)OC(C)C. The molecule has 1 aromatic carbocycles. The van der Waals surface area contributed by atoms with Gasteiger partial charge in [0.1, 0.15) is 5.31 Å². The summed E-state index contributed by atoms with van der Waals surface area (Å²) in [7, 11) is -3.99. The van der Waals surface area contributed by atoms with Crippen LogP contribution in [-0.4, -0.2) is 18.0 Å². The van der Waals surface area contributed by atoms with Crippen molar-refractivity contribution in [3.8, 4) is 0 Å². The molecule has 25 heavy (non-hydrogen) atoms. The molecule has 0 amide bonds. The average molecular weight is 378 g/mol. The van der Waals surface area contributed by atoms with Crippen molar-refractivity contribution in [3.05, 3.63) is 40.7 Å². The molecule has 0 atom stereocenters. The van der Waals surface area contributed by atoms with Gasteiger partial charge in [0, 0.05) is 0 Å². The summed E-state index contributed by atoms with van der Waals surface area (Å²) < 4.78 is 62.4. The quantitative estimate of drug-likeness (QED) is 0.453. The fraction of sp³-hybridized carbons (Fsp3) is 0.471. The van der Waals surface area contributed by atoms with E-state index in [0.29, 0.717) is 0 Å². The van der Waals surface area contributed by atoms with Crippen LogP contribution in [0.15, 0.2) is 29.6 Å². The molecule has 0 heterocycles. The summed E-state index contributed by atoms with van der Waals surface area (Å²) in [4.78, 5) is 12.0. The number of benzene rings is 1. The maximum Gasteiger partial charge on any atom is 0.416 e. The molecule has 0 saturated carbocycles. The van der Waals surface area contributed by atoms with Gasteiger partial charge in [-0.25, -0.2) is 0 Å². The smallest absolute Gasteiger partial charge is 0.302 e. The topological polar surface area (TPSA) is 52.6 Å². The van der Waals surface area contributed by atoms with Crippen LogP contribution in [-0.2, 0) is 24.6 Å². The molecule has 0 aliphatic carbocycles. The van der Waals surface area contributed by atoms with Crippen molar-refractivity contribution in [2.24, 2.45) is 0 Å². The van der Waals surface area contributed by atoms with E-state index in [9.17, 15) is 22.5 Å². The second-order valence-electron chi connectivity index (χ2n) is 6.01. The summed E-state index contributed by atoms with van der Waals surface area (Å²) in [5, 5.41) is -0.283. The van der Waals surface area contributed by atoms with E-state index in [0.717, 1.165) is 18.2 Å². The van der Waals surface area contributed by atoms with Crippen molar-refractivity contribution in [2.45, 2.75) is 53.0 Å². The van der Waals surface area contributed by atoms with Gasteiger partial charge in [0.05, 0.1) is 17.8 Å². The van der Waals surface area contributed by atoms with Crippen LogP contribution < -0.4 is 0 Å². The van der Waals surface area contributed by atoms with Crippen LogP contribution in [0.2, 0.25) is 0 Å². The van der Waals surface area contributed by atoms with Crippen LogP contribution in [0.5, 0.6) is 0 Å². The normalized spacial score (nSPS) is 13.6. The Bertz CT molecular complexity index is 679. The third-order valence-electron chi connectivity index (χ3n) is 2.87. The molecular weight excluding hydrogens is 356 g/mol. The van der Waals surface area contributed by atoms with E-state index >= 15 is 0 Å². The first-order chi connectivity index (χ1) is 11.3. The molecule has 0 aromatic heterocycles. The zero-order valence-electron chi connectivity index (χ0n) is 14.8. The second kappa shape index (κ2) is 8.30. The third-order valence-corrected chi connectivity index (χ3v) is 5.30. The average Bonchev–Trinajstić information content (AvgIpc) is 2.41. The molecule has 0 aliphatic heterocycles. The molecule has 1 aromatic rings. The molecule has 4 nitrogen and oxygen atoms in total. The number of ketones is 1. The van der Waals surface area contributed by atoms with Gasteiger partial charge in [-0.2, -0.15) is 13.2 Å². The van der Waals surface area contributed by atoms with Gasteiger partial charge in [0.25, 0.3) is 0 Å². The molecule has 0 N–H and O–H groups in total. The molecule has 0 spiro atoms. The molecule has 0 aliphatic rings.